The lowest BCUT2D eigenvalue weighted by Crippen LogP contribution is -2.68. The Labute approximate surface area is 191 Å². The third kappa shape index (κ3) is 5.70. The smallest absolute Gasteiger partial charge is 0.331 e. The Morgan fingerprint density at radius 3 is 2.58 bits per heavy atom. The van der Waals surface area contributed by atoms with Crippen LogP contribution in [0.3, 0.4) is 0 Å². The number of halogens is 2. The van der Waals surface area contributed by atoms with Gasteiger partial charge in [-0.15, -0.1) is 6.58 Å². The van der Waals surface area contributed by atoms with Gasteiger partial charge < -0.3 is 10.1 Å². The molecule has 9 heteroatoms. The van der Waals surface area contributed by atoms with E-state index >= 15 is 0 Å². The van der Waals surface area contributed by atoms with Crippen molar-refractivity contribution in [2.45, 2.75) is 19.3 Å². The van der Waals surface area contributed by atoms with E-state index in [0.29, 0.717) is 29.6 Å². The van der Waals surface area contributed by atoms with Crippen LogP contribution in [0.15, 0.2) is 55.1 Å². The van der Waals surface area contributed by atoms with Crippen molar-refractivity contribution < 1.29 is 14.3 Å². The SMILES string of the molecule is C=CCN1C(=O)NC(NCCc2ccc(Cl)cc2Cl)N(Cc2ccc(OC)cc2)C1=O. The molecule has 164 valence electrons. The van der Waals surface area contributed by atoms with Gasteiger partial charge in [-0.05, 0) is 41.8 Å². The summed E-state index contributed by atoms with van der Waals surface area (Å²) in [6.45, 7) is 4.53. The van der Waals surface area contributed by atoms with Crippen molar-refractivity contribution in [2.24, 2.45) is 0 Å². The van der Waals surface area contributed by atoms with Crippen molar-refractivity contribution in [3.05, 3.63) is 76.3 Å². The molecule has 1 saturated heterocycles. The van der Waals surface area contributed by atoms with E-state index in [0.717, 1.165) is 21.8 Å². The number of rotatable bonds is 9. The van der Waals surface area contributed by atoms with Crippen LogP contribution in [0.4, 0.5) is 9.59 Å². The topological polar surface area (TPSA) is 73.9 Å². The summed E-state index contributed by atoms with van der Waals surface area (Å²) in [5.74, 6) is 0.727. The summed E-state index contributed by atoms with van der Waals surface area (Å²) < 4.78 is 5.19. The van der Waals surface area contributed by atoms with Gasteiger partial charge in [0.05, 0.1) is 13.7 Å². The molecule has 1 atom stereocenters. The van der Waals surface area contributed by atoms with Crippen LogP contribution >= 0.6 is 23.2 Å². The van der Waals surface area contributed by atoms with Crippen LogP contribution in [0.2, 0.25) is 10.0 Å². The minimum Gasteiger partial charge on any atom is -0.497 e. The van der Waals surface area contributed by atoms with Crippen molar-refractivity contribution in [2.75, 3.05) is 20.2 Å². The molecule has 1 heterocycles. The molecule has 4 amide bonds. The summed E-state index contributed by atoms with van der Waals surface area (Å²) in [6, 6.07) is 11.9. The lowest BCUT2D eigenvalue weighted by Gasteiger charge is -2.41. The quantitative estimate of drug-likeness (QED) is 0.546. The molecule has 2 aromatic rings. The summed E-state index contributed by atoms with van der Waals surface area (Å²) in [5, 5.41) is 7.22. The zero-order valence-electron chi connectivity index (χ0n) is 17.1. The van der Waals surface area contributed by atoms with Gasteiger partial charge >= 0.3 is 12.1 Å². The first-order valence-corrected chi connectivity index (χ1v) is 10.5. The third-order valence-corrected chi connectivity index (χ3v) is 5.45. The number of methoxy groups -OCH3 is 1. The largest absolute Gasteiger partial charge is 0.497 e. The molecule has 0 aliphatic carbocycles. The first kappa shape index (κ1) is 22.9. The molecule has 31 heavy (non-hydrogen) atoms. The van der Waals surface area contributed by atoms with Crippen molar-refractivity contribution in [1.29, 1.82) is 0 Å². The maximum Gasteiger partial charge on any atom is 0.331 e. The molecule has 2 N–H and O–H groups in total. The van der Waals surface area contributed by atoms with Crippen molar-refractivity contribution in [3.63, 3.8) is 0 Å². The van der Waals surface area contributed by atoms with E-state index in [1.54, 1.807) is 24.1 Å². The summed E-state index contributed by atoms with van der Waals surface area (Å²) >= 11 is 12.2. The molecular weight excluding hydrogens is 439 g/mol. The third-order valence-electron chi connectivity index (χ3n) is 4.86. The van der Waals surface area contributed by atoms with Crippen molar-refractivity contribution >= 4 is 35.3 Å². The van der Waals surface area contributed by atoms with E-state index in [-0.39, 0.29) is 6.54 Å². The zero-order valence-corrected chi connectivity index (χ0v) is 18.6. The average Bonchev–Trinajstić information content (AvgIpc) is 2.75. The minimum absolute atomic E-state index is 0.122. The van der Waals surface area contributed by atoms with Gasteiger partial charge in [-0.2, -0.15) is 0 Å². The van der Waals surface area contributed by atoms with Crippen LogP contribution in [0.1, 0.15) is 11.1 Å². The second kappa shape index (κ2) is 10.5. The number of amides is 4. The Bertz CT molecular complexity index is 952. The lowest BCUT2D eigenvalue weighted by molar-refractivity contribution is 0.0889. The summed E-state index contributed by atoms with van der Waals surface area (Å²) in [4.78, 5) is 28.2. The fraction of sp³-hybridized carbons (Fsp3) is 0.273. The van der Waals surface area contributed by atoms with Gasteiger partial charge in [-0.3, -0.25) is 10.2 Å². The van der Waals surface area contributed by atoms with E-state index in [1.807, 2.05) is 30.3 Å². The molecule has 7 nitrogen and oxygen atoms in total. The fourth-order valence-corrected chi connectivity index (χ4v) is 3.73. The summed E-state index contributed by atoms with van der Waals surface area (Å²) in [7, 11) is 1.60. The number of urea groups is 2. The van der Waals surface area contributed by atoms with Gasteiger partial charge in [0.25, 0.3) is 0 Å². The normalized spacial score (nSPS) is 16.3. The van der Waals surface area contributed by atoms with E-state index in [4.69, 9.17) is 27.9 Å². The fourth-order valence-electron chi connectivity index (χ4n) is 3.23. The highest BCUT2D eigenvalue weighted by Crippen LogP contribution is 2.21. The monoisotopic (exact) mass is 462 g/mol. The highest BCUT2D eigenvalue weighted by atomic mass is 35.5. The van der Waals surface area contributed by atoms with Gasteiger partial charge in [0.2, 0.25) is 0 Å². The van der Waals surface area contributed by atoms with Crippen LogP contribution in [-0.4, -0.2) is 48.4 Å². The predicted molar refractivity (Wildman–Crippen MR) is 121 cm³/mol. The molecule has 0 spiro atoms. The number of nitrogens with one attached hydrogen (secondary N) is 2. The second-order valence-electron chi connectivity index (χ2n) is 6.95. The predicted octanol–water partition coefficient (Wildman–Crippen LogP) is 4.25. The number of ether oxygens (including phenoxy) is 1. The van der Waals surface area contributed by atoms with Crippen molar-refractivity contribution in [3.8, 4) is 5.75 Å². The van der Waals surface area contributed by atoms with Gasteiger partial charge in [-0.25, -0.2) is 14.5 Å². The molecule has 1 fully saturated rings. The number of hydrogen-bond donors (Lipinski definition) is 2. The number of imide groups is 1. The van der Waals surface area contributed by atoms with Gasteiger partial charge in [-0.1, -0.05) is 47.5 Å². The maximum absolute atomic E-state index is 13.0. The summed E-state index contributed by atoms with van der Waals surface area (Å²) in [5.41, 5.74) is 1.82. The molecule has 0 bridgehead atoms. The van der Waals surface area contributed by atoms with Gasteiger partial charge in [0.15, 0.2) is 6.29 Å². The maximum atomic E-state index is 13.0. The molecule has 0 aromatic heterocycles. The molecule has 0 radical (unpaired) electrons. The lowest BCUT2D eigenvalue weighted by atomic mass is 10.1. The highest BCUT2D eigenvalue weighted by Gasteiger charge is 2.37. The Hall–Kier alpha value is -2.74. The van der Waals surface area contributed by atoms with Crippen LogP contribution in [-0.2, 0) is 13.0 Å². The average molecular weight is 463 g/mol. The Balaban J connectivity index is 1.73. The molecule has 1 aliphatic heterocycles. The highest BCUT2D eigenvalue weighted by molar-refractivity contribution is 6.35. The summed E-state index contributed by atoms with van der Waals surface area (Å²) in [6.07, 6.45) is 1.44. The van der Waals surface area contributed by atoms with Crippen LogP contribution in [0.5, 0.6) is 5.75 Å². The van der Waals surface area contributed by atoms with Crippen LogP contribution in [0.25, 0.3) is 0 Å². The van der Waals surface area contributed by atoms with E-state index < -0.39 is 18.4 Å². The van der Waals surface area contributed by atoms with Gasteiger partial charge in [0, 0.05) is 23.1 Å². The molecule has 1 unspecified atom stereocenters. The number of hydrogen-bond acceptors (Lipinski definition) is 4. The Morgan fingerprint density at radius 1 is 1.19 bits per heavy atom. The number of carbonyl (C=O) groups excluding carboxylic acids is 2. The Kier molecular flexibility index (Phi) is 7.79. The van der Waals surface area contributed by atoms with Crippen molar-refractivity contribution in [1.82, 2.24) is 20.4 Å². The van der Waals surface area contributed by atoms with E-state index in [2.05, 4.69) is 17.2 Å². The van der Waals surface area contributed by atoms with Gasteiger partial charge in [0.1, 0.15) is 5.75 Å². The zero-order chi connectivity index (χ0) is 22.4. The first-order valence-electron chi connectivity index (χ1n) is 9.72. The Morgan fingerprint density at radius 2 is 1.94 bits per heavy atom. The van der Waals surface area contributed by atoms with Crippen LogP contribution < -0.4 is 15.4 Å². The minimum atomic E-state index is -0.672. The number of benzene rings is 2. The molecule has 3 rings (SSSR count). The molecule has 0 saturated carbocycles. The molecular formula is C22H24Cl2N4O3. The molecule has 1 aliphatic rings. The van der Waals surface area contributed by atoms with E-state index in [9.17, 15) is 9.59 Å². The number of carbonyl (C=O) groups is 2. The number of nitrogens with zero attached hydrogens (tertiary/aromatic N) is 2. The second-order valence-corrected chi connectivity index (χ2v) is 7.79. The molecule has 2 aromatic carbocycles. The van der Waals surface area contributed by atoms with E-state index in [1.165, 1.54) is 6.08 Å². The first-order chi connectivity index (χ1) is 14.9. The standard InChI is InChI=1S/C22H24Cl2N4O3/c1-3-12-27-21(29)26-20(25-11-10-16-6-7-17(23)13-19(16)24)28(22(27)30)14-15-4-8-18(31-2)9-5-15/h3-9,13,20,25H,1,10-12,14H2,2H3,(H,26,29). The van der Waals surface area contributed by atoms with Crippen LogP contribution in [0, 0.1) is 0 Å².